The van der Waals surface area contributed by atoms with Gasteiger partial charge in [0, 0.05) is 16.8 Å². The Morgan fingerprint density at radius 3 is 2.68 bits per heavy atom. The fraction of sp³-hybridized carbons (Fsp3) is 0.154. The minimum Gasteiger partial charge on any atom is -0.504 e. The number of aromatic hydroxyl groups is 1. The van der Waals surface area contributed by atoms with Crippen LogP contribution in [0.15, 0.2) is 69.9 Å². The Hall–Kier alpha value is -3.97. The van der Waals surface area contributed by atoms with Gasteiger partial charge >= 0.3 is 0 Å². The van der Waals surface area contributed by atoms with Crippen molar-refractivity contribution < 1.29 is 23.8 Å². The van der Waals surface area contributed by atoms with Crippen LogP contribution in [0.25, 0.3) is 11.0 Å². The molecule has 1 amide bonds. The molecule has 1 aliphatic rings. The van der Waals surface area contributed by atoms with Crippen molar-refractivity contribution in [3.63, 3.8) is 0 Å². The first-order chi connectivity index (χ1) is 16.4. The smallest absolute Gasteiger partial charge is 0.295 e. The number of carbonyl (C=O) groups excluding carboxylic acids is 1. The Balaban J connectivity index is 1.80. The summed E-state index contributed by atoms with van der Waals surface area (Å²) in [5.74, 6) is 0.254. The summed E-state index contributed by atoms with van der Waals surface area (Å²) < 4.78 is 16.8. The number of hydrogen-bond acceptors (Lipinski definition) is 6. The highest BCUT2D eigenvalue weighted by molar-refractivity contribution is 6.31. The van der Waals surface area contributed by atoms with Crippen molar-refractivity contribution in [2.24, 2.45) is 0 Å². The standard InChI is InChI=1S/C26H20ClNO6/c1-3-33-21-11-14(7-9-19(21)29)23-22-24(30)18-12-15(27)8-10-20(18)34-25(22)26(31)28(23)16-5-4-6-17(13-16)32-2/h4-13,23,29H,3H2,1-2H3. The predicted molar refractivity (Wildman–Crippen MR) is 128 cm³/mol. The van der Waals surface area contributed by atoms with Gasteiger partial charge in [0.15, 0.2) is 16.9 Å². The number of rotatable bonds is 5. The number of anilines is 1. The zero-order valence-electron chi connectivity index (χ0n) is 18.4. The van der Waals surface area contributed by atoms with Crippen molar-refractivity contribution in [3.05, 3.63) is 92.8 Å². The Bertz CT molecular complexity index is 1490. The normalized spacial score (nSPS) is 15.0. The van der Waals surface area contributed by atoms with Crippen molar-refractivity contribution in [2.45, 2.75) is 13.0 Å². The molecule has 0 aliphatic carbocycles. The predicted octanol–water partition coefficient (Wildman–Crippen LogP) is 5.31. The minimum absolute atomic E-state index is 0.0413. The molecule has 0 saturated heterocycles. The first kappa shape index (κ1) is 21.9. The average Bonchev–Trinajstić information content (AvgIpc) is 3.13. The number of amides is 1. The summed E-state index contributed by atoms with van der Waals surface area (Å²) in [6.07, 6.45) is 0. The number of hydrogen-bond donors (Lipinski definition) is 1. The van der Waals surface area contributed by atoms with Gasteiger partial charge in [-0.1, -0.05) is 23.7 Å². The molecule has 0 saturated carbocycles. The summed E-state index contributed by atoms with van der Waals surface area (Å²) in [5, 5.41) is 10.9. The average molecular weight is 478 g/mol. The van der Waals surface area contributed by atoms with Crippen LogP contribution in [0.2, 0.25) is 5.02 Å². The summed E-state index contributed by atoms with van der Waals surface area (Å²) >= 11 is 6.14. The molecule has 1 N–H and O–H groups in total. The molecule has 8 heteroatoms. The summed E-state index contributed by atoms with van der Waals surface area (Å²) in [7, 11) is 1.53. The van der Waals surface area contributed by atoms with E-state index in [1.165, 1.54) is 24.1 Å². The van der Waals surface area contributed by atoms with Crippen LogP contribution in [0.4, 0.5) is 5.69 Å². The molecule has 34 heavy (non-hydrogen) atoms. The van der Waals surface area contributed by atoms with E-state index < -0.39 is 11.9 Å². The number of benzene rings is 3. The lowest BCUT2D eigenvalue weighted by Gasteiger charge is -2.26. The second kappa shape index (κ2) is 8.43. The van der Waals surface area contributed by atoms with Gasteiger partial charge in [-0.25, -0.2) is 0 Å². The van der Waals surface area contributed by atoms with Crippen LogP contribution in [0.5, 0.6) is 17.2 Å². The molecule has 0 radical (unpaired) electrons. The fourth-order valence-corrected chi connectivity index (χ4v) is 4.43. The molecule has 1 aliphatic heterocycles. The van der Waals surface area contributed by atoms with Crippen molar-refractivity contribution in [2.75, 3.05) is 18.6 Å². The summed E-state index contributed by atoms with van der Waals surface area (Å²) in [6.45, 7) is 2.13. The highest BCUT2D eigenvalue weighted by Crippen LogP contribution is 2.43. The summed E-state index contributed by atoms with van der Waals surface area (Å²) in [6, 6.07) is 15.6. The number of halogens is 1. The molecule has 7 nitrogen and oxygen atoms in total. The summed E-state index contributed by atoms with van der Waals surface area (Å²) in [5.41, 5.74) is 1.20. The number of phenols is 1. The highest BCUT2D eigenvalue weighted by Gasteiger charge is 2.44. The van der Waals surface area contributed by atoms with Gasteiger partial charge in [-0.15, -0.1) is 0 Å². The third-order valence-electron chi connectivity index (χ3n) is 5.76. The van der Waals surface area contributed by atoms with Gasteiger partial charge in [-0.2, -0.15) is 0 Å². The Morgan fingerprint density at radius 1 is 1.09 bits per heavy atom. The van der Waals surface area contributed by atoms with E-state index in [1.54, 1.807) is 55.5 Å². The van der Waals surface area contributed by atoms with Crippen molar-refractivity contribution >= 4 is 34.2 Å². The molecule has 5 rings (SSSR count). The zero-order valence-corrected chi connectivity index (χ0v) is 19.1. The topological polar surface area (TPSA) is 89.2 Å². The van der Waals surface area contributed by atoms with Crippen LogP contribution in [-0.4, -0.2) is 24.7 Å². The number of nitrogens with zero attached hydrogens (tertiary/aromatic N) is 1. The van der Waals surface area contributed by atoms with E-state index in [9.17, 15) is 14.7 Å². The van der Waals surface area contributed by atoms with Crippen LogP contribution in [0, 0.1) is 0 Å². The molecule has 3 aromatic carbocycles. The van der Waals surface area contributed by atoms with E-state index in [0.717, 1.165) is 0 Å². The monoisotopic (exact) mass is 477 g/mol. The molecular weight excluding hydrogens is 458 g/mol. The van der Waals surface area contributed by atoms with Crippen LogP contribution in [0.1, 0.15) is 34.6 Å². The maximum Gasteiger partial charge on any atom is 0.295 e. The van der Waals surface area contributed by atoms with E-state index >= 15 is 0 Å². The molecule has 1 aromatic heterocycles. The van der Waals surface area contributed by atoms with Gasteiger partial charge in [0.05, 0.1) is 30.7 Å². The second-order valence-corrected chi connectivity index (χ2v) is 8.19. The first-order valence-electron chi connectivity index (χ1n) is 10.6. The lowest BCUT2D eigenvalue weighted by molar-refractivity contribution is 0.0971. The number of fused-ring (bicyclic) bond motifs is 2. The zero-order chi connectivity index (χ0) is 24.0. The second-order valence-electron chi connectivity index (χ2n) is 7.75. The highest BCUT2D eigenvalue weighted by atomic mass is 35.5. The molecular formula is C26H20ClNO6. The minimum atomic E-state index is -0.825. The van der Waals surface area contributed by atoms with Crippen LogP contribution in [-0.2, 0) is 0 Å². The quantitative estimate of drug-likeness (QED) is 0.419. The van der Waals surface area contributed by atoms with E-state index in [1.807, 2.05) is 0 Å². The van der Waals surface area contributed by atoms with Gasteiger partial charge in [-0.3, -0.25) is 14.5 Å². The Labute approximate surface area is 199 Å². The molecule has 1 atom stereocenters. The Kier molecular flexibility index (Phi) is 5.42. The van der Waals surface area contributed by atoms with Crippen LogP contribution >= 0.6 is 11.6 Å². The number of phenolic OH excluding ortho intramolecular Hbond substituents is 1. The first-order valence-corrected chi connectivity index (χ1v) is 11.0. The van der Waals surface area contributed by atoms with E-state index in [0.29, 0.717) is 28.6 Å². The van der Waals surface area contributed by atoms with Crippen LogP contribution in [0.3, 0.4) is 0 Å². The molecule has 0 bridgehead atoms. The van der Waals surface area contributed by atoms with E-state index in [4.69, 9.17) is 25.5 Å². The number of methoxy groups -OCH3 is 1. The maximum atomic E-state index is 13.7. The SMILES string of the molecule is CCOc1cc(C2c3c(oc4ccc(Cl)cc4c3=O)C(=O)N2c2cccc(OC)c2)ccc1O. The summed E-state index contributed by atoms with van der Waals surface area (Å²) in [4.78, 5) is 28.8. The third kappa shape index (κ3) is 3.45. The number of ether oxygens (including phenoxy) is 2. The van der Waals surface area contributed by atoms with Gasteiger partial charge in [-0.05, 0) is 55.0 Å². The van der Waals surface area contributed by atoms with Gasteiger partial charge in [0.25, 0.3) is 5.91 Å². The largest absolute Gasteiger partial charge is 0.504 e. The molecule has 2 heterocycles. The van der Waals surface area contributed by atoms with Crippen molar-refractivity contribution in [1.29, 1.82) is 0 Å². The van der Waals surface area contributed by atoms with Crippen molar-refractivity contribution in [3.8, 4) is 17.2 Å². The molecule has 0 spiro atoms. The van der Waals surface area contributed by atoms with Crippen molar-refractivity contribution in [1.82, 2.24) is 0 Å². The molecule has 0 fully saturated rings. The van der Waals surface area contributed by atoms with Gasteiger partial charge in [0.2, 0.25) is 5.76 Å². The van der Waals surface area contributed by atoms with Crippen LogP contribution < -0.4 is 19.8 Å². The van der Waals surface area contributed by atoms with E-state index in [2.05, 4.69) is 0 Å². The number of carbonyl (C=O) groups is 1. The molecule has 1 unspecified atom stereocenters. The lowest BCUT2D eigenvalue weighted by atomic mass is 9.97. The Morgan fingerprint density at radius 2 is 1.91 bits per heavy atom. The fourth-order valence-electron chi connectivity index (χ4n) is 4.26. The maximum absolute atomic E-state index is 13.7. The third-order valence-corrected chi connectivity index (χ3v) is 6.00. The molecule has 4 aromatic rings. The lowest BCUT2D eigenvalue weighted by Crippen LogP contribution is -2.29. The van der Waals surface area contributed by atoms with Gasteiger partial charge in [0.1, 0.15) is 11.3 Å². The van der Waals surface area contributed by atoms with Gasteiger partial charge < -0.3 is 19.0 Å². The van der Waals surface area contributed by atoms with E-state index in [-0.39, 0.29) is 39.2 Å². The molecule has 172 valence electrons.